The highest BCUT2D eigenvalue weighted by Crippen LogP contribution is 2.41. The van der Waals surface area contributed by atoms with Crippen molar-refractivity contribution in [3.63, 3.8) is 0 Å². The summed E-state index contributed by atoms with van der Waals surface area (Å²) in [5.74, 6) is 1.19. The van der Waals surface area contributed by atoms with Crippen LogP contribution >= 0.6 is 0 Å². The number of anilines is 3. The maximum atomic E-state index is 14.2. The van der Waals surface area contributed by atoms with Crippen molar-refractivity contribution in [1.29, 1.82) is 0 Å². The summed E-state index contributed by atoms with van der Waals surface area (Å²) in [6, 6.07) is 22.2. The number of aromatic nitrogens is 6. The molecule has 11 rings (SSSR count). The van der Waals surface area contributed by atoms with Gasteiger partial charge < -0.3 is 59.3 Å². The number of aliphatic hydroxyl groups excluding tert-OH is 1. The van der Waals surface area contributed by atoms with Crippen LogP contribution in [0.3, 0.4) is 0 Å². The van der Waals surface area contributed by atoms with Crippen LogP contribution in [0.15, 0.2) is 95.9 Å². The monoisotopic (exact) mass is 1050 g/mol. The Morgan fingerprint density at radius 3 is 2.34 bits per heavy atom. The van der Waals surface area contributed by atoms with Crippen LogP contribution in [0.25, 0.3) is 16.9 Å². The van der Waals surface area contributed by atoms with Crippen LogP contribution in [0.1, 0.15) is 94.8 Å². The third-order valence-electron chi connectivity index (χ3n) is 16.2. The summed E-state index contributed by atoms with van der Waals surface area (Å²) < 4.78 is 26.7. The number of fused-ring (bicyclic) bond motifs is 2. The van der Waals surface area contributed by atoms with Gasteiger partial charge in [0, 0.05) is 118 Å². The van der Waals surface area contributed by atoms with E-state index in [4.69, 9.17) is 24.5 Å². The molecule has 1 unspecified atom stereocenters. The molecule has 0 radical (unpaired) electrons. The number of carbonyl (C=O) groups is 2. The van der Waals surface area contributed by atoms with Gasteiger partial charge in [-0.1, -0.05) is 38.1 Å². The number of imidazole rings is 1. The van der Waals surface area contributed by atoms with Crippen molar-refractivity contribution in [1.82, 2.24) is 45.0 Å². The summed E-state index contributed by atoms with van der Waals surface area (Å²) in [5, 5.41) is 37.0. The van der Waals surface area contributed by atoms with E-state index in [0.29, 0.717) is 47.7 Å². The Balaban J connectivity index is 0.601. The number of hydrogen-bond donors (Lipinski definition) is 4. The first-order valence-corrected chi connectivity index (χ1v) is 27.3. The zero-order valence-electron chi connectivity index (χ0n) is 44.2. The zero-order valence-corrected chi connectivity index (χ0v) is 44.2. The predicted octanol–water partition coefficient (Wildman–Crippen LogP) is 6.21. The number of piperidine rings is 1. The fourth-order valence-corrected chi connectivity index (χ4v) is 12.0. The molecule has 1 aliphatic carbocycles. The molecule has 4 saturated heterocycles. The predicted molar refractivity (Wildman–Crippen MR) is 288 cm³/mol. The number of ether oxygens (including phenoxy) is 3. The second-order valence-electron chi connectivity index (χ2n) is 21.8. The van der Waals surface area contributed by atoms with Gasteiger partial charge in [0.2, 0.25) is 17.7 Å². The highest BCUT2D eigenvalue weighted by molar-refractivity contribution is 5.91. The molecule has 4 aliphatic heterocycles. The lowest BCUT2D eigenvalue weighted by atomic mass is 9.91. The Hall–Kier alpha value is -7.29. The summed E-state index contributed by atoms with van der Waals surface area (Å²) in [7, 11) is 0. The third-order valence-corrected chi connectivity index (χ3v) is 16.2. The summed E-state index contributed by atoms with van der Waals surface area (Å²) in [4.78, 5) is 45.5. The van der Waals surface area contributed by atoms with Crippen LogP contribution in [-0.4, -0.2) is 150 Å². The SMILES string of the molecule is Cc1nccn1-c1ccc([C@H](C)NC(=O)[C@@H]2C[C@@H](O)CN2C(=O)[C@@H](c2cc(OCCN3CCC(OC4CC(Oc5cc(N6C7CC[C@@H]6CN(c6cc(-c8ccccc8O)nnc6N)C7)ccn5)C4)CC3)no2)C(C)C)cc1. The summed E-state index contributed by atoms with van der Waals surface area (Å²) >= 11 is 0. The van der Waals surface area contributed by atoms with E-state index in [1.807, 2.05) is 87.1 Å². The average molecular weight is 1050 g/mol. The highest BCUT2D eigenvalue weighted by atomic mass is 16.5. The Morgan fingerprint density at radius 2 is 1.61 bits per heavy atom. The smallest absolute Gasteiger partial charge is 0.254 e. The van der Waals surface area contributed by atoms with Gasteiger partial charge in [-0.25, -0.2) is 9.97 Å². The van der Waals surface area contributed by atoms with E-state index in [1.54, 1.807) is 24.4 Å². The summed E-state index contributed by atoms with van der Waals surface area (Å²) in [6.07, 6.45) is 10.9. The van der Waals surface area contributed by atoms with Crippen LogP contribution in [-0.2, 0) is 14.3 Å². The molecule has 1 saturated carbocycles. The van der Waals surface area contributed by atoms with E-state index in [1.165, 1.54) is 4.90 Å². The van der Waals surface area contributed by atoms with Gasteiger partial charge in [-0.3, -0.25) is 14.5 Å². The molecule has 6 atom stereocenters. The topological polar surface area (TPSA) is 236 Å². The molecule has 4 aromatic heterocycles. The Kier molecular flexibility index (Phi) is 15.0. The molecule has 2 amide bonds. The van der Waals surface area contributed by atoms with Crippen molar-refractivity contribution in [2.75, 3.05) is 61.4 Å². The van der Waals surface area contributed by atoms with E-state index in [0.717, 1.165) is 93.2 Å². The molecule has 20 heteroatoms. The molecule has 2 bridgehead atoms. The lowest BCUT2D eigenvalue weighted by Crippen LogP contribution is -2.54. The third kappa shape index (κ3) is 11.3. The Labute approximate surface area is 448 Å². The van der Waals surface area contributed by atoms with Crippen LogP contribution < -0.4 is 30.3 Å². The minimum atomic E-state index is -0.835. The second-order valence-corrected chi connectivity index (χ2v) is 21.8. The Morgan fingerprint density at radius 1 is 0.844 bits per heavy atom. The average Bonchev–Trinajstić information content (AvgIpc) is 4.22. The van der Waals surface area contributed by atoms with Crippen LogP contribution in [0.5, 0.6) is 17.5 Å². The number of likely N-dealkylation sites (tertiary alicyclic amines) is 2. The van der Waals surface area contributed by atoms with E-state index >= 15 is 0 Å². The number of carbonyl (C=O) groups excluding carboxylic acids is 2. The number of nitrogens with two attached hydrogens (primary N) is 1. The number of phenols is 1. The fraction of sp³-hybridized carbons (Fsp3) is 0.491. The van der Waals surface area contributed by atoms with Crippen molar-refractivity contribution in [3.8, 4) is 34.5 Å². The van der Waals surface area contributed by atoms with E-state index in [2.05, 4.69) is 57.5 Å². The van der Waals surface area contributed by atoms with Gasteiger partial charge in [0.25, 0.3) is 5.88 Å². The number of nitrogen functional groups attached to an aromatic ring is 1. The van der Waals surface area contributed by atoms with Crippen molar-refractivity contribution >= 4 is 29.0 Å². The van der Waals surface area contributed by atoms with Crippen molar-refractivity contribution in [3.05, 3.63) is 109 Å². The van der Waals surface area contributed by atoms with Gasteiger partial charge in [0.15, 0.2) is 11.6 Å². The number of aromatic hydroxyl groups is 1. The molecular weight excluding hydrogens is 981 g/mol. The molecule has 20 nitrogen and oxygen atoms in total. The number of rotatable bonds is 18. The van der Waals surface area contributed by atoms with E-state index in [-0.39, 0.29) is 72.9 Å². The molecule has 2 aromatic carbocycles. The maximum Gasteiger partial charge on any atom is 0.254 e. The number of aryl methyl sites for hydroxylation is 1. The molecule has 6 aromatic rings. The van der Waals surface area contributed by atoms with Gasteiger partial charge in [0.05, 0.1) is 35.7 Å². The number of pyridine rings is 1. The lowest BCUT2D eigenvalue weighted by Gasteiger charge is -2.43. The number of phenolic OH excluding ortho intramolecular Hbond substituents is 1. The molecule has 5 N–H and O–H groups in total. The summed E-state index contributed by atoms with van der Waals surface area (Å²) in [5.41, 5.74) is 11.4. The molecule has 8 heterocycles. The molecule has 406 valence electrons. The van der Waals surface area contributed by atoms with E-state index < -0.39 is 18.1 Å². The largest absolute Gasteiger partial charge is 0.507 e. The quantitative estimate of drug-likeness (QED) is 0.0748. The molecule has 5 aliphatic rings. The first-order valence-electron chi connectivity index (χ1n) is 27.3. The van der Waals surface area contributed by atoms with Crippen LogP contribution in [0.4, 0.5) is 17.2 Å². The molecule has 0 spiro atoms. The normalized spacial score (nSPS) is 23.5. The molecular formula is C57H70N12O8. The van der Waals surface area contributed by atoms with Gasteiger partial charge in [-0.05, 0) is 92.6 Å². The van der Waals surface area contributed by atoms with Crippen molar-refractivity contribution in [2.45, 2.75) is 127 Å². The number of nitrogens with zero attached hydrogens (tertiary/aromatic N) is 10. The first kappa shape index (κ1) is 51.8. The number of nitrogens with one attached hydrogen (secondary N) is 1. The number of benzene rings is 2. The van der Waals surface area contributed by atoms with Crippen LogP contribution in [0.2, 0.25) is 0 Å². The van der Waals surface area contributed by atoms with Gasteiger partial charge in [0.1, 0.15) is 36.2 Å². The minimum Gasteiger partial charge on any atom is -0.507 e. The van der Waals surface area contributed by atoms with E-state index in [9.17, 15) is 19.8 Å². The maximum absolute atomic E-state index is 14.2. The van der Waals surface area contributed by atoms with Crippen molar-refractivity contribution < 1.29 is 38.5 Å². The molecule has 77 heavy (non-hydrogen) atoms. The van der Waals surface area contributed by atoms with Gasteiger partial charge in [-0.2, -0.15) is 0 Å². The zero-order chi connectivity index (χ0) is 53.3. The standard InChI is InChI=1S/C57H70N12O8/c1-34(2)54(57(73)68-33-42(70)26-49(68)56(72)61-35(3)37-9-11-38(12-10-37)67-22-19-59-36(67)4)51-30-53(64-77-51)74-24-23-65-20-16-43(17-21-65)75-44-27-45(28-44)76-52-25-39(15-18-60-52)69-40-13-14-41(69)32-66(31-40)48-29-47(62-63-55(48)58)46-7-5-6-8-50(46)71/h5-12,15,18-19,22,25,29-30,34-35,40-45,49,54,70-71H,13-14,16-17,20-21,23-24,26-28,31-33H2,1-4H3,(H2,58,63)(H,61,72)/t35-,40+,41?,42+,44?,45?,49-,54+/m0/s1. The first-order chi connectivity index (χ1) is 37.3. The molecule has 5 fully saturated rings. The summed E-state index contributed by atoms with van der Waals surface area (Å²) in [6.45, 7) is 12.2. The number of β-amino-alcohol motifs (C(OH)–C–C–N with tert-alkyl or cyclic N) is 1. The number of hydrogen-bond acceptors (Lipinski definition) is 17. The number of aliphatic hydroxyl groups is 1. The fourth-order valence-electron chi connectivity index (χ4n) is 12.0. The second kappa shape index (κ2) is 22.4. The number of piperazine rings is 1. The van der Waals surface area contributed by atoms with Crippen molar-refractivity contribution in [2.24, 2.45) is 5.92 Å². The lowest BCUT2D eigenvalue weighted by molar-refractivity contribution is -0.141. The Bertz CT molecular complexity index is 3000. The van der Waals surface area contributed by atoms with Gasteiger partial charge in [-0.15, -0.1) is 10.2 Å². The van der Waals surface area contributed by atoms with Gasteiger partial charge >= 0.3 is 0 Å². The number of para-hydroxylation sites is 1. The minimum absolute atomic E-state index is 0.0489. The number of amides is 2. The van der Waals surface area contributed by atoms with Crippen LogP contribution in [0, 0.1) is 12.8 Å². The highest BCUT2D eigenvalue weighted by Gasteiger charge is 2.45.